The Morgan fingerprint density at radius 1 is 1.52 bits per heavy atom. The number of aliphatic hydroxyl groups excluding tert-OH is 1. The molecule has 2 aliphatic heterocycles. The van der Waals surface area contributed by atoms with Crippen molar-refractivity contribution in [3.63, 3.8) is 0 Å². The average molecular weight is 391 g/mol. The van der Waals surface area contributed by atoms with Gasteiger partial charge in [-0.15, -0.1) is 22.0 Å². The molecule has 3 rings (SSSR count). The van der Waals surface area contributed by atoms with Gasteiger partial charge in [0.15, 0.2) is 0 Å². The summed E-state index contributed by atoms with van der Waals surface area (Å²) in [7, 11) is 0. The summed E-state index contributed by atoms with van der Waals surface area (Å²) < 4.78 is 1.95. The van der Waals surface area contributed by atoms with Gasteiger partial charge in [-0.3, -0.25) is 9.69 Å². The van der Waals surface area contributed by atoms with Gasteiger partial charge in [-0.25, -0.2) is 4.68 Å². The molecule has 0 aliphatic carbocycles. The van der Waals surface area contributed by atoms with Crippen molar-refractivity contribution in [2.45, 2.75) is 25.3 Å². The molecular weight excluding hydrogens is 377 g/mol. The second-order valence-electron chi connectivity index (χ2n) is 5.37. The number of nitrogens with zero attached hydrogens (tertiary/aromatic N) is 5. The first-order chi connectivity index (χ1) is 11.4. The maximum Gasteiger partial charge on any atom is 1.00 e. The number of hydrogen-bond acceptors (Lipinski definition) is 9. The molecule has 1 aromatic heterocycles. The third kappa shape index (κ3) is 3.96. The molecule has 1 amide bonds. The van der Waals surface area contributed by atoms with E-state index in [1.807, 2.05) is 0 Å². The number of carbonyl (C=O) groups excluding carboxylic acids is 2. The molecule has 0 bridgehead atoms. The Balaban J connectivity index is 0.00000225. The fourth-order valence-electron chi connectivity index (χ4n) is 2.49. The van der Waals surface area contributed by atoms with Gasteiger partial charge in [0.1, 0.15) is 18.0 Å². The van der Waals surface area contributed by atoms with Gasteiger partial charge in [0.2, 0.25) is 5.91 Å². The van der Waals surface area contributed by atoms with E-state index in [2.05, 4.69) is 15.3 Å². The van der Waals surface area contributed by atoms with Crippen LogP contribution in [-0.2, 0) is 9.59 Å². The summed E-state index contributed by atoms with van der Waals surface area (Å²) in [6, 6.07) is 0. The quantitative estimate of drug-likeness (QED) is 0.296. The Labute approximate surface area is 174 Å². The molecule has 25 heavy (non-hydrogen) atoms. The molecule has 1 fully saturated rings. The maximum absolute atomic E-state index is 12.1. The normalized spacial score (nSPS) is 23.9. The second-order valence-corrected chi connectivity index (χ2v) is 7.74. The Kier molecular flexibility index (Phi) is 6.74. The second kappa shape index (κ2) is 8.23. The van der Waals surface area contributed by atoms with E-state index in [1.54, 1.807) is 6.92 Å². The number of β-lactam (4-membered cyclic amide) rings is 1. The molecule has 1 aromatic rings. The molecular formula is C13H14N5NaO4S2. The zero-order chi connectivity index (χ0) is 17.4. The van der Waals surface area contributed by atoms with Crippen LogP contribution in [0.5, 0.6) is 0 Å². The van der Waals surface area contributed by atoms with Gasteiger partial charge in [0, 0.05) is 11.5 Å². The van der Waals surface area contributed by atoms with Crippen molar-refractivity contribution < 1.29 is 49.4 Å². The Hall–Kier alpha value is -0.850. The largest absolute Gasteiger partial charge is 1.00 e. The summed E-state index contributed by atoms with van der Waals surface area (Å²) in [4.78, 5) is 24.7. The van der Waals surface area contributed by atoms with Gasteiger partial charge in [0.05, 0.1) is 27.9 Å². The maximum atomic E-state index is 12.1. The van der Waals surface area contributed by atoms with Crippen LogP contribution < -0.4 is 34.7 Å². The predicted octanol–water partition coefficient (Wildman–Crippen LogP) is -3.93. The summed E-state index contributed by atoms with van der Waals surface area (Å²) in [6.07, 6.45) is 2.07. The van der Waals surface area contributed by atoms with E-state index in [0.717, 1.165) is 5.71 Å². The number of amides is 1. The van der Waals surface area contributed by atoms with Crippen molar-refractivity contribution >= 4 is 41.1 Å². The Morgan fingerprint density at radius 2 is 2.16 bits per heavy atom. The van der Waals surface area contributed by atoms with Crippen LogP contribution in [0.1, 0.15) is 13.8 Å². The number of aromatic nitrogens is 3. The first-order valence-electron chi connectivity index (χ1n) is 7.05. The van der Waals surface area contributed by atoms with E-state index in [4.69, 9.17) is 0 Å². The molecule has 1 saturated heterocycles. The number of aliphatic carboxylic acids is 1. The van der Waals surface area contributed by atoms with E-state index < -0.39 is 18.0 Å². The van der Waals surface area contributed by atoms with E-state index in [1.165, 1.54) is 52.7 Å². The summed E-state index contributed by atoms with van der Waals surface area (Å²) in [5, 5.41) is 32.2. The molecule has 128 valence electrons. The number of aliphatic hydroxyl groups is 1. The average Bonchev–Trinajstić information content (AvgIpc) is 3.10. The van der Waals surface area contributed by atoms with Crippen molar-refractivity contribution in [1.29, 1.82) is 0 Å². The summed E-state index contributed by atoms with van der Waals surface area (Å²) in [5.74, 6) is -1.93. The standard InChI is InChI=1S/C13H15N5O4S2.Na/c1-6(16-17-4-14-15-5-17)3-23-13-9(12(21)22)18-10(20)8(7(2)19)11(18)24-13;/h4-5,7-8,11,19H,3H2,1-2H3,(H,21,22);/q;+1/p-1/t7?,8-,11+;/m0./s1. The van der Waals surface area contributed by atoms with E-state index in [9.17, 15) is 19.8 Å². The van der Waals surface area contributed by atoms with E-state index in [0.29, 0.717) is 9.99 Å². The SMILES string of the molecule is CC(CSC1=C(C(=O)[O-])N2C(=O)[C@H](C(C)O)[C@H]2S1)=Nn1cnnc1.[Na+]. The monoisotopic (exact) mass is 391 g/mol. The van der Waals surface area contributed by atoms with Gasteiger partial charge < -0.3 is 15.0 Å². The first kappa shape index (κ1) is 20.5. The minimum absolute atomic E-state index is 0. The van der Waals surface area contributed by atoms with Crippen LogP contribution in [0.3, 0.4) is 0 Å². The fraction of sp³-hybridized carbons (Fsp3) is 0.462. The van der Waals surface area contributed by atoms with Crippen LogP contribution in [0.2, 0.25) is 0 Å². The molecule has 0 saturated carbocycles. The summed E-state index contributed by atoms with van der Waals surface area (Å²) >= 11 is 2.54. The van der Waals surface area contributed by atoms with Gasteiger partial charge in [-0.1, -0.05) is 11.8 Å². The number of carboxylic acid groups (broad SMARTS) is 1. The van der Waals surface area contributed by atoms with Crippen LogP contribution in [0, 0.1) is 5.92 Å². The molecule has 2 aliphatic rings. The molecule has 3 heterocycles. The smallest absolute Gasteiger partial charge is 0.543 e. The van der Waals surface area contributed by atoms with Gasteiger partial charge in [-0.05, 0) is 13.8 Å². The topological polar surface area (TPSA) is 124 Å². The van der Waals surface area contributed by atoms with Crippen LogP contribution in [0.15, 0.2) is 27.7 Å². The predicted molar refractivity (Wildman–Crippen MR) is 86.4 cm³/mol. The van der Waals surface area contributed by atoms with Crippen molar-refractivity contribution in [2.24, 2.45) is 11.0 Å². The van der Waals surface area contributed by atoms with Crippen LogP contribution in [0.25, 0.3) is 0 Å². The van der Waals surface area contributed by atoms with Crippen LogP contribution in [-0.4, -0.2) is 59.7 Å². The molecule has 1 unspecified atom stereocenters. The molecule has 1 N–H and O–H groups in total. The third-order valence-corrected chi connectivity index (χ3v) is 6.38. The number of fused-ring (bicyclic) bond motifs is 1. The number of thioether (sulfide) groups is 2. The first-order valence-corrected chi connectivity index (χ1v) is 8.92. The van der Waals surface area contributed by atoms with Crippen molar-refractivity contribution in [3.05, 3.63) is 22.6 Å². The number of carboxylic acids is 1. The van der Waals surface area contributed by atoms with E-state index in [-0.39, 0.29) is 46.5 Å². The third-order valence-electron chi connectivity index (χ3n) is 3.56. The Morgan fingerprint density at radius 3 is 2.72 bits per heavy atom. The summed E-state index contributed by atoms with van der Waals surface area (Å²) in [5.41, 5.74) is 0.618. The van der Waals surface area contributed by atoms with Gasteiger partial charge in [0.25, 0.3) is 0 Å². The van der Waals surface area contributed by atoms with Gasteiger partial charge >= 0.3 is 29.6 Å². The van der Waals surface area contributed by atoms with Crippen molar-refractivity contribution in [2.75, 3.05) is 5.75 Å². The van der Waals surface area contributed by atoms with E-state index >= 15 is 0 Å². The number of hydrogen-bond donors (Lipinski definition) is 1. The Bertz CT molecular complexity index is 737. The molecule has 3 atom stereocenters. The summed E-state index contributed by atoms with van der Waals surface area (Å²) in [6.45, 7) is 3.32. The van der Waals surface area contributed by atoms with Gasteiger partial charge in [-0.2, -0.15) is 5.10 Å². The zero-order valence-corrected chi connectivity index (χ0v) is 17.5. The zero-order valence-electron chi connectivity index (χ0n) is 13.8. The van der Waals surface area contributed by atoms with Crippen LogP contribution in [0.4, 0.5) is 0 Å². The minimum atomic E-state index is -1.39. The number of carbonyl (C=O) groups is 2. The van der Waals surface area contributed by atoms with Crippen molar-refractivity contribution in [3.8, 4) is 0 Å². The molecule has 0 aromatic carbocycles. The molecule has 0 radical (unpaired) electrons. The molecule has 12 heteroatoms. The van der Waals surface area contributed by atoms with Crippen molar-refractivity contribution in [1.82, 2.24) is 19.8 Å². The van der Waals surface area contributed by atoms with Crippen LogP contribution >= 0.6 is 23.5 Å². The fourth-order valence-corrected chi connectivity index (χ4v) is 5.26. The number of rotatable bonds is 6. The minimum Gasteiger partial charge on any atom is -0.543 e. The molecule has 0 spiro atoms. The molecule has 9 nitrogen and oxygen atoms in total.